The predicted octanol–water partition coefficient (Wildman–Crippen LogP) is 11.6. The Kier molecular flexibility index (Phi) is 3.54. The Morgan fingerprint density at radius 3 is 1.71 bits per heavy atom. The average molecular weight is 545 g/mol. The molecule has 2 heteroatoms. The van der Waals surface area contributed by atoms with Crippen molar-refractivity contribution in [3.63, 3.8) is 0 Å². The highest BCUT2D eigenvalue weighted by Crippen LogP contribution is 2.44. The van der Waals surface area contributed by atoms with Crippen LogP contribution in [-0.4, -0.2) is 0 Å². The van der Waals surface area contributed by atoms with Crippen LogP contribution < -0.4 is 0 Å². The summed E-state index contributed by atoms with van der Waals surface area (Å²) in [7, 11) is 0. The van der Waals surface area contributed by atoms with Crippen molar-refractivity contribution in [2.24, 2.45) is 0 Å². The van der Waals surface area contributed by atoms with E-state index in [2.05, 4.69) is 0 Å². The van der Waals surface area contributed by atoms with E-state index in [1.54, 1.807) is 30.5 Å². The zero-order valence-corrected chi connectivity index (χ0v) is 22.1. The molecule has 7 aromatic carbocycles. The molecule has 0 aliphatic heterocycles. The minimum atomic E-state index is -0.428. The maximum Gasteiger partial charge on any atom is 0.143 e. The van der Waals surface area contributed by atoms with Gasteiger partial charge in [0.2, 0.25) is 0 Å². The zero-order chi connectivity index (χ0) is 34.6. The summed E-state index contributed by atoms with van der Waals surface area (Å²) >= 11 is 0. The summed E-state index contributed by atoms with van der Waals surface area (Å²) in [6.45, 7) is 0. The van der Waals surface area contributed by atoms with E-state index in [-0.39, 0.29) is 45.7 Å². The van der Waals surface area contributed by atoms with Crippen LogP contribution in [0.25, 0.3) is 87.8 Å². The summed E-state index contributed by atoms with van der Waals surface area (Å²) in [6, 6.07) is 25.2. The molecular weight excluding hydrogens is 512 g/mol. The third-order valence-electron chi connectivity index (χ3n) is 8.02. The van der Waals surface area contributed by atoms with E-state index in [4.69, 9.17) is 19.8 Å². The summed E-state index contributed by atoms with van der Waals surface area (Å²) in [4.78, 5) is 0. The van der Waals surface area contributed by atoms with Gasteiger partial charge in [0, 0.05) is 21.7 Å². The first-order chi connectivity index (χ1) is 24.2. The smallest absolute Gasteiger partial charge is 0.143 e. The van der Waals surface area contributed by atoms with Crippen molar-refractivity contribution >= 4 is 54.5 Å². The molecule has 0 aliphatic rings. The van der Waals surface area contributed by atoms with Gasteiger partial charge < -0.3 is 8.83 Å². The van der Waals surface area contributed by atoms with Crippen molar-refractivity contribution < 1.29 is 19.8 Å². The van der Waals surface area contributed by atoms with Gasteiger partial charge in [0.1, 0.15) is 16.7 Å². The minimum absolute atomic E-state index is 0.184. The Morgan fingerprint density at radius 2 is 1.05 bits per heavy atom. The summed E-state index contributed by atoms with van der Waals surface area (Å²) in [5, 5.41) is 3.61. The number of benzene rings is 7. The van der Waals surface area contributed by atoms with Crippen molar-refractivity contribution in [1.29, 1.82) is 0 Å². The van der Waals surface area contributed by atoms with Crippen LogP contribution in [0.15, 0.2) is 154 Å². The van der Waals surface area contributed by atoms with Crippen LogP contribution in [-0.2, 0) is 0 Å². The summed E-state index contributed by atoms with van der Waals surface area (Å²) in [6.07, 6.45) is 1.66. The van der Waals surface area contributed by atoms with Gasteiger partial charge in [-0.1, -0.05) is 121 Å². The van der Waals surface area contributed by atoms with Gasteiger partial charge in [-0.2, -0.15) is 0 Å². The molecule has 0 spiro atoms. The van der Waals surface area contributed by atoms with Crippen LogP contribution >= 0.6 is 0 Å². The number of rotatable bonds is 3. The number of hydrogen-bond acceptors (Lipinski definition) is 2. The average Bonchev–Trinajstić information content (AvgIpc) is 3.78. The van der Waals surface area contributed by atoms with Crippen molar-refractivity contribution in [2.45, 2.75) is 0 Å². The first-order valence-electron chi connectivity index (χ1n) is 17.6. The molecule has 2 aromatic heterocycles. The molecule has 0 N–H and O–H groups in total. The standard InChI is InChI=1S/C40H24O2/c1-2-9-26(10-3-1)37-29-11-4-6-13-31(29)38(32-14-7-5-12-30(32)37)27-19-17-25(18-20-27)28-15-8-16-34-39-33-23-24-41-35(33)21-22-36(39)42-40(28)34/h1-24H/i4D,5D,6D,7D,11D,12D,13D,14D. The van der Waals surface area contributed by atoms with Gasteiger partial charge in [-0.05, 0) is 67.6 Å². The topological polar surface area (TPSA) is 26.3 Å². The number of furan rings is 2. The lowest BCUT2D eigenvalue weighted by atomic mass is 9.85. The molecule has 0 fully saturated rings. The van der Waals surface area contributed by atoms with E-state index in [1.807, 2.05) is 66.7 Å². The Labute approximate surface area is 253 Å². The molecule has 0 atom stereocenters. The molecule has 0 bridgehead atoms. The number of hydrogen-bond donors (Lipinski definition) is 0. The third kappa shape index (κ3) is 3.33. The first kappa shape index (κ1) is 16.6. The molecule has 42 heavy (non-hydrogen) atoms. The predicted molar refractivity (Wildman–Crippen MR) is 175 cm³/mol. The molecule has 9 rings (SSSR count). The second-order valence-corrected chi connectivity index (χ2v) is 10.2. The van der Waals surface area contributed by atoms with Crippen LogP contribution in [0.5, 0.6) is 0 Å². The highest BCUT2D eigenvalue weighted by molar-refractivity contribution is 6.22. The van der Waals surface area contributed by atoms with Crippen LogP contribution in [0.2, 0.25) is 0 Å². The fourth-order valence-electron chi connectivity index (χ4n) is 6.19. The largest absolute Gasteiger partial charge is 0.464 e. The van der Waals surface area contributed by atoms with Crippen molar-refractivity contribution in [3.05, 3.63) is 146 Å². The van der Waals surface area contributed by atoms with Crippen LogP contribution in [0, 0.1) is 0 Å². The summed E-state index contributed by atoms with van der Waals surface area (Å²) in [5.74, 6) is 0. The Hall–Kier alpha value is -5.60. The number of fused-ring (bicyclic) bond motifs is 7. The molecule has 2 nitrogen and oxygen atoms in total. The van der Waals surface area contributed by atoms with Crippen molar-refractivity contribution in [2.75, 3.05) is 0 Å². The Balaban J connectivity index is 1.37. The van der Waals surface area contributed by atoms with E-state index < -0.39 is 24.2 Å². The third-order valence-corrected chi connectivity index (χ3v) is 8.02. The van der Waals surface area contributed by atoms with E-state index in [9.17, 15) is 0 Å². The summed E-state index contributed by atoms with van der Waals surface area (Å²) < 4.78 is 82.9. The fourth-order valence-corrected chi connectivity index (χ4v) is 6.19. The quantitative estimate of drug-likeness (QED) is 0.207. The highest BCUT2D eigenvalue weighted by atomic mass is 16.3. The molecular formula is C40H24O2. The van der Waals surface area contributed by atoms with Crippen molar-refractivity contribution in [3.8, 4) is 33.4 Å². The Morgan fingerprint density at radius 1 is 0.452 bits per heavy atom. The van der Waals surface area contributed by atoms with Gasteiger partial charge in [0.15, 0.2) is 0 Å². The zero-order valence-electron chi connectivity index (χ0n) is 30.1. The second kappa shape index (κ2) is 8.95. The SMILES string of the molecule is [2H]c1c([2H])c([2H])c2c(-c3ccc(-c4cccc5c4oc4ccc6occc6c45)cc3)c3c([2H])c([2H])c([2H])c([2H])c3c(-c3ccccc3)c2c1[2H]. The lowest BCUT2D eigenvalue weighted by Crippen LogP contribution is -1.90. The lowest BCUT2D eigenvalue weighted by molar-refractivity contribution is 0.615. The maximum absolute atomic E-state index is 9.13. The number of para-hydroxylation sites is 1. The van der Waals surface area contributed by atoms with Gasteiger partial charge in [-0.3, -0.25) is 0 Å². The lowest BCUT2D eigenvalue weighted by Gasteiger charge is -2.18. The minimum Gasteiger partial charge on any atom is -0.464 e. The molecule has 196 valence electrons. The second-order valence-electron chi connectivity index (χ2n) is 10.2. The molecule has 2 heterocycles. The van der Waals surface area contributed by atoms with Gasteiger partial charge in [-0.25, -0.2) is 0 Å². The molecule has 0 radical (unpaired) electrons. The van der Waals surface area contributed by atoms with E-state index in [1.165, 1.54) is 0 Å². The summed E-state index contributed by atoms with van der Waals surface area (Å²) in [5.41, 5.74) is 5.64. The monoisotopic (exact) mass is 544 g/mol. The molecule has 9 aromatic rings. The molecule has 0 aliphatic carbocycles. The normalized spacial score (nSPS) is 14.5. The van der Waals surface area contributed by atoms with Gasteiger partial charge in [0.25, 0.3) is 0 Å². The Bertz CT molecular complexity index is 2810. The molecule has 0 saturated heterocycles. The van der Waals surface area contributed by atoms with Gasteiger partial charge in [0.05, 0.1) is 17.2 Å². The van der Waals surface area contributed by atoms with E-state index in [0.29, 0.717) is 27.8 Å². The molecule has 0 saturated carbocycles. The molecule has 0 amide bonds. The molecule has 0 unspecified atom stereocenters. The van der Waals surface area contributed by atoms with Crippen LogP contribution in [0.1, 0.15) is 11.0 Å². The van der Waals surface area contributed by atoms with Gasteiger partial charge >= 0.3 is 0 Å². The maximum atomic E-state index is 9.13. The van der Waals surface area contributed by atoms with Crippen LogP contribution in [0.3, 0.4) is 0 Å². The van der Waals surface area contributed by atoms with E-state index in [0.717, 1.165) is 38.5 Å². The van der Waals surface area contributed by atoms with Gasteiger partial charge in [-0.15, -0.1) is 0 Å². The van der Waals surface area contributed by atoms with Crippen LogP contribution in [0.4, 0.5) is 0 Å². The van der Waals surface area contributed by atoms with E-state index >= 15 is 0 Å². The first-order valence-corrected chi connectivity index (χ1v) is 13.6. The fraction of sp³-hybridized carbons (Fsp3) is 0. The van der Waals surface area contributed by atoms with Crippen molar-refractivity contribution in [1.82, 2.24) is 0 Å². The highest BCUT2D eigenvalue weighted by Gasteiger charge is 2.18.